The molecule has 0 aliphatic heterocycles. The van der Waals surface area contributed by atoms with E-state index < -0.39 is 11.7 Å². The van der Waals surface area contributed by atoms with E-state index in [4.69, 9.17) is 0 Å². The van der Waals surface area contributed by atoms with E-state index in [2.05, 4.69) is 0 Å². The summed E-state index contributed by atoms with van der Waals surface area (Å²) < 4.78 is 36.0. The van der Waals surface area contributed by atoms with E-state index in [1.165, 1.54) is 12.1 Å². The number of halogens is 3. The monoisotopic (exact) mass is 176 g/mol. The summed E-state index contributed by atoms with van der Waals surface area (Å²) in [4.78, 5) is 0. The lowest BCUT2D eigenvalue weighted by Crippen LogP contribution is -2.03. The van der Waals surface area contributed by atoms with Crippen LogP contribution in [0.2, 0.25) is 0 Å². The zero-order valence-corrected chi connectivity index (χ0v) is 6.07. The van der Waals surface area contributed by atoms with Crippen molar-refractivity contribution in [2.45, 2.75) is 12.6 Å². The Morgan fingerprint density at radius 1 is 1.08 bits per heavy atom. The average Bonchev–Trinajstić information content (AvgIpc) is 2.60. The van der Waals surface area contributed by atoms with Gasteiger partial charge in [0, 0.05) is 0 Å². The molecule has 1 aromatic carbocycles. The summed E-state index contributed by atoms with van der Waals surface area (Å²) in [5, 5.41) is 0. The maximum atomic E-state index is 12.0. The Morgan fingerprint density at radius 2 is 1.75 bits per heavy atom. The third-order valence-corrected chi connectivity index (χ3v) is 1.79. The molecular weight excluding hydrogens is 169 g/mol. The second-order valence-corrected chi connectivity index (χ2v) is 2.66. The van der Waals surface area contributed by atoms with Gasteiger partial charge in [-0.25, -0.2) is 0 Å². The van der Waals surface area contributed by atoms with Crippen molar-refractivity contribution < 1.29 is 18.6 Å². The summed E-state index contributed by atoms with van der Waals surface area (Å²) in [5.74, 6) is 0. The highest BCUT2D eigenvalue weighted by molar-refractivity contribution is 5.47. The van der Waals surface area contributed by atoms with Gasteiger partial charge in [0.15, 0.2) is 0 Å². The first-order valence-electron chi connectivity index (χ1n) is 3.26. The lowest BCUT2D eigenvalue weighted by molar-refractivity contribution is -0.137. The summed E-state index contributed by atoms with van der Waals surface area (Å²) in [6.45, 7) is 0. The molecule has 1 nitrogen and oxygen atoms in total. The van der Waals surface area contributed by atoms with Crippen molar-refractivity contribution in [1.82, 2.24) is 0 Å². The van der Waals surface area contributed by atoms with Crippen LogP contribution in [0, 0.1) is 0 Å². The Hall–Kier alpha value is -1.03. The van der Waals surface area contributed by atoms with E-state index in [-0.39, 0.29) is 5.48 Å². The van der Waals surface area contributed by atoms with Crippen molar-refractivity contribution >= 4 is 0 Å². The maximum absolute atomic E-state index is 12.0. The van der Waals surface area contributed by atoms with Crippen molar-refractivity contribution in [3.63, 3.8) is 0 Å². The zero-order chi connectivity index (χ0) is 8.06. The summed E-state index contributed by atoms with van der Waals surface area (Å²) in [6, 6.07) is 3.89. The highest BCUT2D eigenvalue weighted by Crippen LogP contribution is 2.35. The molecular formula is C8H7F3O. The van der Waals surface area contributed by atoms with Crippen LogP contribution in [-0.4, -0.2) is 5.48 Å². The van der Waals surface area contributed by atoms with E-state index in [1.807, 2.05) is 0 Å². The Labute approximate surface area is 67.1 Å². The van der Waals surface area contributed by atoms with Crippen molar-refractivity contribution in [1.29, 1.82) is 0 Å². The summed E-state index contributed by atoms with van der Waals surface area (Å²) in [7, 11) is 0. The summed E-state index contributed by atoms with van der Waals surface area (Å²) in [5.41, 5.74) is 1.34. The lowest BCUT2D eigenvalue weighted by Gasteiger charge is -2.03. The van der Waals surface area contributed by atoms with Gasteiger partial charge in [0.1, 0.15) is 0 Å². The molecule has 1 aliphatic carbocycles. The van der Waals surface area contributed by atoms with Gasteiger partial charge in [-0.3, -0.25) is 0 Å². The standard InChI is InChI=1S/C8H5F3.H2O/c9-8(10,11)7-2-1-5-3-6(5)4-7;/h1-2,4H,3H2;1H2. The van der Waals surface area contributed by atoms with Crippen LogP contribution in [0.15, 0.2) is 18.2 Å². The van der Waals surface area contributed by atoms with Gasteiger partial charge < -0.3 is 5.48 Å². The summed E-state index contributed by atoms with van der Waals surface area (Å²) >= 11 is 0. The van der Waals surface area contributed by atoms with Crippen LogP contribution >= 0.6 is 0 Å². The average molecular weight is 176 g/mol. The minimum atomic E-state index is -4.18. The quantitative estimate of drug-likeness (QED) is 0.586. The highest BCUT2D eigenvalue weighted by atomic mass is 19.4. The number of hydrogen-bond acceptors (Lipinski definition) is 0. The van der Waals surface area contributed by atoms with E-state index in [0.717, 1.165) is 23.6 Å². The molecule has 0 heterocycles. The number of rotatable bonds is 0. The molecule has 1 aromatic rings. The van der Waals surface area contributed by atoms with Gasteiger partial charge in [-0.15, -0.1) is 0 Å². The van der Waals surface area contributed by atoms with Crippen LogP contribution in [0.25, 0.3) is 0 Å². The third kappa shape index (κ3) is 1.43. The first-order valence-corrected chi connectivity index (χ1v) is 3.26. The Morgan fingerprint density at radius 3 is 2.25 bits per heavy atom. The molecule has 0 amide bonds. The van der Waals surface area contributed by atoms with Gasteiger partial charge in [-0.2, -0.15) is 13.2 Å². The van der Waals surface area contributed by atoms with E-state index in [9.17, 15) is 13.2 Å². The SMILES string of the molecule is FC(F)(F)c1ccc2c(c1)C2.O. The first-order chi connectivity index (χ1) is 5.07. The molecule has 2 rings (SSSR count). The number of alkyl halides is 3. The van der Waals surface area contributed by atoms with Crippen molar-refractivity contribution in [3.8, 4) is 0 Å². The fourth-order valence-electron chi connectivity index (χ4n) is 1.07. The molecule has 0 atom stereocenters. The van der Waals surface area contributed by atoms with Gasteiger partial charge in [0.2, 0.25) is 0 Å². The van der Waals surface area contributed by atoms with E-state index >= 15 is 0 Å². The van der Waals surface area contributed by atoms with Crippen LogP contribution in [0.5, 0.6) is 0 Å². The second kappa shape index (κ2) is 2.48. The van der Waals surface area contributed by atoms with Crippen LogP contribution in [0.3, 0.4) is 0 Å². The lowest BCUT2D eigenvalue weighted by atomic mass is 10.2. The fourth-order valence-corrected chi connectivity index (χ4v) is 1.07. The predicted octanol–water partition coefficient (Wildman–Crippen LogP) is 1.78. The molecule has 12 heavy (non-hydrogen) atoms. The van der Waals surface area contributed by atoms with E-state index in [1.54, 1.807) is 0 Å². The van der Waals surface area contributed by atoms with Crippen LogP contribution in [0.4, 0.5) is 13.2 Å². The maximum Gasteiger partial charge on any atom is 0.416 e. The van der Waals surface area contributed by atoms with Gasteiger partial charge in [-0.1, -0.05) is 6.07 Å². The van der Waals surface area contributed by atoms with Crippen LogP contribution in [-0.2, 0) is 12.6 Å². The Balaban J connectivity index is 0.000000720. The van der Waals surface area contributed by atoms with Crippen LogP contribution < -0.4 is 0 Å². The minimum Gasteiger partial charge on any atom is -0.412 e. The second-order valence-electron chi connectivity index (χ2n) is 2.66. The predicted molar refractivity (Wildman–Crippen MR) is 37.9 cm³/mol. The topological polar surface area (TPSA) is 31.5 Å². The molecule has 0 saturated carbocycles. The molecule has 0 bridgehead atoms. The van der Waals surface area contributed by atoms with Gasteiger partial charge in [0.25, 0.3) is 0 Å². The molecule has 0 aromatic heterocycles. The molecule has 4 heteroatoms. The van der Waals surface area contributed by atoms with Crippen molar-refractivity contribution in [2.24, 2.45) is 0 Å². The number of benzene rings is 1. The molecule has 0 saturated heterocycles. The zero-order valence-electron chi connectivity index (χ0n) is 6.07. The van der Waals surface area contributed by atoms with Gasteiger partial charge >= 0.3 is 6.18 Å². The Kier molecular flexibility index (Phi) is 1.88. The van der Waals surface area contributed by atoms with Crippen molar-refractivity contribution in [2.75, 3.05) is 0 Å². The van der Waals surface area contributed by atoms with E-state index in [0.29, 0.717) is 0 Å². The highest BCUT2D eigenvalue weighted by Gasteiger charge is 2.32. The largest absolute Gasteiger partial charge is 0.416 e. The smallest absolute Gasteiger partial charge is 0.412 e. The Bertz CT molecular complexity index is 304. The third-order valence-electron chi connectivity index (χ3n) is 1.79. The molecule has 66 valence electrons. The number of fused-ring (bicyclic) bond motifs is 1. The fraction of sp³-hybridized carbons (Fsp3) is 0.250. The molecule has 0 radical (unpaired) electrons. The number of hydrogen-bond donors (Lipinski definition) is 0. The molecule has 0 spiro atoms. The summed E-state index contributed by atoms with van der Waals surface area (Å²) in [6.07, 6.45) is -3.45. The van der Waals surface area contributed by atoms with Gasteiger partial charge in [-0.05, 0) is 29.7 Å². The molecule has 2 N–H and O–H groups in total. The molecule has 0 fully saturated rings. The normalized spacial score (nSPS) is 13.2. The van der Waals surface area contributed by atoms with Gasteiger partial charge in [0.05, 0.1) is 5.56 Å². The van der Waals surface area contributed by atoms with Crippen molar-refractivity contribution in [3.05, 3.63) is 34.9 Å². The minimum absolute atomic E-state index is 0. The first kappa shape index (κ1) is 9.06. The molecule has 1 aliphatic rings. The van der Waals surface area contributed by atoms with Crippen LogP contribution in [0.1, 0.15) is 16.7 Å². The molecule has 0 unspecified atom stereocenters.